The molecule has 1 N–H and O–H groups in total. The molecule has 1 atom stereocenters. The summed E-state index contributed by atoms with van der Waals surface area (Å²) in [4.78, 5) is 14.6. The third kappa shape index (κ3) is 1.55. The van der Waals surface area contributed by atoms with Crippen LogP contribution in [0.4, 0.5) is 0 Å². The third-order valence-electron chi connectivity index (χ3n) is 4.69. The fraction of sp³-hybridized carbons (Fsp3) is 0.278. The molecule has 2 heterocycles. The molecule has 2 aliphatic rings. The molecule has 0 radical (unpaired) electrons. The van der Waals surface area contributed by atoms with E-state index in [0.717, 1.165) is 36.2 Å². The number of nitrogens with zero attached hydrogens (tertiary/aromatic N) is 1. The Morgan fingerprint density at radius 2 is 1.90 bits per heavy atom. The van der Waals surface area contributed by atoms with Gasteiger partial charge in [-0.3, -0.25) is 10.1 Å². The van der Waals surface area contributed by atoms with Crippen molar-refractivity contribution in [1.82, 2.24) is 10.2 Å². The molecule has 0 bridgehead atoms. The van der Waals surface area contributed by atoms with Gasteiger partial charge < -0.3 is 4.90 Å². The van der Waals surface area contributed by atoms with Gasteiger partial charge in [-0.1, -0.05) is 49.4 Å². The first-order valence-electron chi connectivity index (χ1n) is 7.53. The van der Waals surface area contributed by atoms with Crippen LogP contribution in [0.2, 0.25) is 0 Å². The van der Waals surface area contributed by atoms with Crippen LogP contribution in [-0.2, 0) is 12.1 Å². The number of carbonyl (C=O) groups is 1. The van der Waals surface area contributed by atoms with E-state index in [1.807, 2.05) is 23.1 Å². The Labute approximate surface area is 124 Å². The van der Waals surface area contributed by atoms with Crippen LogP contribution in [0.15, 0.2) is 48.5 Å². The standard InChI is InChI=1S/C18H18N2O/c1-2-13-7-9-14(10-8-13)18-16-6-4-3-5-15(16)17(21)20(18)12-11-19-18/h3-10,19H,2,11-12H2,1H3. The van der Waals surface area contributed by atoms with Crippen LogP contribution in [0.25, 0.3) is 0 Å². The molecule has 1 fully saturated rings. The quantitative estimate of drug-likeness (QED) is 0.915. The lowest BCUT2D eigenvalue weighted by Crippen LogP contribution is -2.46. The summed E-state index contributed by atoms with van der Waals surface area (Å²) in [6.07, 6.45) is 1.03. The van der Waals surface area contributed by atoms with Crippen LogP contribution in [0.5, 0.6) is 0 Å². The largest absolute Gasteiger partial charge is 0.311 e. The number of nitrogens with one attached hydrogen (secondary N) is 1. The normalized spacial score (nSPS) is 23.3. The summed E-state index contributed by atoms with van der Waals surface area (Å²) < 4.78 is 0. The van der Waals surface area contributed by atoms with E-state index < -0.39 is 5.66 Å². The summed E-state index contributed by atoms with van der Waals surface area (Å²) in [6.45, 7) is 3.74. The van der Waals surface area contributed by atoms with E-state index in [-0.39, 0.29) is 5.91 Å². The Kier molecular flexibility index (Phi) is 2.66. The number of hydrogen-bond donors (Lipinski definition) is 1. The van der Waals surface area contributed by atoms with Gasteiger partial charge in [0.2, 0.25) is 0 Å². The minimum atomic E-state index is -0.472. The number of rotatable bonds is 2. The molecule has 4 rings (SSSR count). The second kappa shape index (κ2) is 4.43. The Hall–Kier alpha value is -2.13. The summed E-state index contributed by atoms with van der Waals surface area (Å²) in [5.41, 5.74) is 3.90. The molecule has 0 spiro atoms. The monoisotopic (exact) mass is 278 g/mol. The average Bonchev–Trinajstić information content (AvgIpc) is 3.08. The van der Waals surface area contributed by atoms with E-state index in [0.29, 0.717) is 0 Å². The molecule has 3 heteroatoms. The van der Waals surface area contributed by atoms with Gasteiger partial charge in [-0.05, 0) is 23.6 Å². The van der Waals surface area contributed by atoms with Crippen molar-refractivity contribution >= 4 is 5.91 Å². The summed E-state index contributed by atoms with van der Waals surface area (Å²) in [7, 11) is 0. The fourth-order valence-electron chi connectivity index (χ4n) is 3.63. The average molecular weight is 278 g/mol. The number of hydrogen-bond acceptors (Lipinski definition) is 2. The van der Waals surface area contributed by atoms with Crippen molar-refractivity contribution in [3.8, 4) is 0 Å². The highest BCUT2D eigenvalue weighted by molar-refractivity contribution is 6.01. The van der Waals surface area contributed by atoms with E-state index in [9.17, 15) is 4.79 Å². The van der Waals surface area contributed by atoms with E-state index in [1.54, 1.807) is 0 Å². The van der Waals surface area contributed by atoms with Gasteiger partial charge in [0.1, 0.15) is 5.66 Å². The smallest absolute Gasteiger partial charge is 0.256 e. The van der Waals surface area contributed by atoms with Gasteiger partial charge in [-0.15, -0.1) is 0 Å². The third-order valence-corrected chi connectivity index (χ3v) is 4.69. The molecule has 1 saturated heterocycles. The van der Waals surface area contributed by atoms with Gasteiger partial charge >= 0.3 is 0 Å². The SMILES string of the molecule is CCc1ccc(C23NCCN2C(=O)c2ccccc23)cc1. The van der Waals surface area contributed by atoms with E-state index >= 15 is 0 Å². The van der Waals surface area contributed by atoms with E-state index in [4.69, 9.17) is 0 Å². The van der Waals surface area contributed by atoms with Crippen LogP contribution < -0.4 is 5.32 Å². The molecular weight excluding hydrogens is 260 g/mol. The van der Waals surface area contributed by atoms with Crippen molar-refractivity contribution < 1.29 is 4.79 Å². The Morgan fingerprint density at radius 3 is 2.67 bits per heavy atom. The first-order chi connectivity index (χ1) is 10.3. The molecule has 1 amide bonds. The highest BCUT2D eigenvalue weighted by Gasteiger charge is 2.53. The lowest BCUT2D eigenvalue weighted by atomic mass is 9.90. The molecule has 21 heavy (non-hydrogen) atoms. The molecule has 1 unspecified atom stereocenters. The lowest BCUT2D eigenvalue weighted by Gasteiger charge is -2.33. The summed E-state index contributed by atoms with van der Waals surface area (Å²) in [5, 5.41) is 3.58. The van der Waals surface area contributed by atoms with Gasteiger partial charge in [0.25, 0.3) is 5.91 Å². The highest BCUT2D eigenvalue weighted by atomic mass is 16.2. The molecule has 2 aliphatic heterocycles. The number of benzene rings is 2. The molecular formula is C18H18N2O. The number of aryl methyl sites for hydroxylation is 1. The molecule has 3 nitrogen and oxygen atoms in total. The van der Waals surface area contributed by atoms with Gasteiger partial charge in [-0.25, -0.2) is 0 Å². The minimum absolute atomic E-state index is 0.134. The van der Waals surface area contributed by atoms with Crippen molar-refractivity contribution in [2.24, 2.45) is 0 Å². The predicted molar refractivity (Wildman–Crippen MR) is 82.1 cm³/mol. The van der Waals surface area contributed by atoms with Crippen LogP contribution in [-0.4, -0.2) is 23.9 Å². The van der Waals surface area contributed by atoms with Gasteiger partial charge in [-0.2, -0.15) is 0 Å². The Morgan fingerprint density at radius 1 is 1.14 bits per heavy atom. The molecule has 0 saturated carbocycles. The Bertz CT molecular complexity index is 707. The molecule has 0 aromatic heterocycles. The number of fused-ring (bicyclic) bond motifs is 3. The van der Waals surface area contributed by atoms with Crippen molar-refractivity contribution in [3.63, 3.8) is 0 Å². The van der Waals surface area contributed by atoms with Crippen LogP contribution >= 0.6 is 0 Å². The van der Waals surface area contributed by atoms with Gasteiger partial charge in [0.05, 0.1) is 0 Å². The second-order valence-electron chi connectivity index (χ2n) is 5.69. The predicted octanol–water partition coefficient (Wildman–Crippen LogP) is 2.51. The number of amides is 1. The maximum absolute atomic E-state index is 12.7. The zero-order valence-corrected chi connectivity index (χ0v) is 12.1. The lowest BCUT2D eigenvalue weighted by molar-refractivity contribution is 0.0694. The van der Waals surface area contributed by atoms with Crippen LogP contribution in [0.1, 0.15) is 34.0 Å². The van der Waals surface area contributed by atoms with E-state index in [2.05, 4.69) is 42.6 Å². The Balaban J connectivity index is 1.93. The molecule has 106 valence electrons. The maximum Gasteiger partial charge on any atom is 0.256 e. The van der Waals surface area contributed by atoms with Gasteiger partial charge in [0.15, 0.2) is 0 Å². The van der Waals surface area contributed by atoms with E-state index in [1.165, 1.54) is 5.56 Å². The van der Waals surface area contributed by atoms with Crippen molar-refractivity contribution in [2.75, 3.05) is 13.1 Å². The summed E-state index contributed by atoms with van der Waals surface area (Å²) in [5.74, 6) is 0.134. The van der Waals surface area contributed by atoms with Crippen molar-refractivity contribution in [1.29, 1.82) is 0 Å². The summed E-state index contributed by atoms with van der Waals surface area (Å²) >= 11 is 0. The zero-order valence-electron chi connectivity index (χ0n) is 12.1. The summed E-state index contributed by atoms with van der Waals surface area (Å²) in [6, 6.07) is 16.6. The first-order valence-corrected chi connectivity index (χ1v) is 7.53. The van der Waals surface area contributed by atoms with Crippen LogP contribution in [0.3, 0.4) is 0 Å². The number of carbonyl (C=O) groups excluding carboxylic acids is 1. The zero-order chi connectivity index (χ0) is 14.4. The first kappa shape index (κ1) is 12.6. The molecule has 2 aromatic carbocycles. The molecule has 2 aromatic rings. The topological polar surface area (TPSA) is 32.3 Å². The second-order valence-corrected chi connectivity index (χ2v) is 5.69. The fourth-order valence-corrected chi connectivity index (χ4v) is 3.63. The minimum Gasteiger partial charge on any atom is -0.311 e. The maximum atomic E-state index is 12.7. The molecule has 0 aliphatic carbocycles. The van der Waals surface area contributed by atoms with Crippen LogP contribution in [0, 0.1) is 0 Å². The van der Waals surface area contributed by atoms with Gasteiger partial charge in [0, 0.05) is 24.2 Å². The van der Waals surface area contributed by atoms with Crippen molar-refractivity contribution in [3.05, 3.63) is 70.8 Å². The highest BCUT2D eigenvalue weighted by Crippen LogP contribution is 2.44. The van der Waals surface area contributed by atoms with Crippen molar-refractivity contribution in [2.45, 2.75) is 19.0 Å².